The summed E-state index contributed by atoms with van der Waals surface area (Å²) in [4.78, 5) is 16.2. The number of H-pyrrole nitrogens is 1. The lowest BCUT2D eigenvalue weighted by Gasteiger charge is -2.09. The van der Waals surface area contributed by atoms with Crippen LogP contribution in [-0.4, -0.2) is 30.9 Å². The summed E-state index contributed by atoms with van der Waals surface area (Å²) in [6.45, 7) is 7.66. The number of rotatable bonds is 4. The molecule has 0 aromatic carbocycles. The van der Waals surface area contributed by atoms with Gasteiger partial charge in [0, 0.05) is 12.2 Å². The first-order valence-corrected chi connectivity index (χ1v) is 6.22. The number of aromatic amines is 1. The van der Waals surface area contributed by atoms with E-state index >= 15 is 0 Å². The molecule has 1 amide bonds. The van der Waals surface area contributed by atoms with Crippen LogP contribution < -0.4 is 5.32 Å². The maximum atomic E-state index is 12.0. The molecule has 7 nitrogen and oxygen atoms in total. The van der Waals surface area contributed by atoms with Gasteiger partial charge in [0.2, 0.25) is 0 Å². The molecule has 7 heteroatoms. The number of nitrogens with one attached hydrogen (secondary N) is 2. The SMILES string of the molecule is Cc1nc(C(C)NC(=O)c2ccn(C(C)C)n2)n[nH]1. The third-order valence-electron chi connectivity index (χ3n) is 2.72. The highest BCUT2D eigenvalue weighted by molar-refractivity contribution is 5.92. The van der Waals surface area contributed by atoms with E-state index in [1.165, 1.54) is 0 Å². The highest BCUT2D eigenvalue weighted by Crippen LogP contribution is 2.08. The highest BCUT2D eigenvalue weighted by atomic mass is 16.2. The summed E-state index contributed by atoms with van der Waals surface area (Å²) in [6, 6.07) is 1.67. The normalized spacial score (nSPS) is 12.7. The first kappa shape index (κ1) is 13.3. The van der Waals surface area contributed by atoms with Crippen molar-refractivity contribution in [2.24, 2.45) is 0 Å². The van der Waals surface area contributed by atoms with Crippen LogP contribution in [0.3, 0.4) is 0 Å². The van der Waals surface area contributed by atoms with Crippen molar-refractivity contribution in [2.45, 2.75) is 39.8 Å². The van der Waals surface area contributed by atoms with Gasteiger partial charge >= 0.3 is 0 Å². The molecule has 1 unspecified atom stereocenters. The van der Waals surface area contributed by atoms with Crippen molar-refractivity contribution in [1.82, 2.24) is 30.3 Å². The van der Waals surface area contributed by atoms with Crippen LogP contribution >= 0.6 is 0 Å². The molecule has 2 aromatic rings. The lowest BCUT2D eigenvalue weighted by Crippen LogP contribution is -2.28. The largest absolute Gasteiger partial charge is 0.341 e. The summed E-state index contributed by atoms with van der Waals surface area (Å²) in [5, 5.41) is 13.8. The minimum Gasteiger partial charge on any atom is -0.341 e. The molecule has 2 aromatic heterocycles. The number of hydrogen-bond donors (Lipinski definition) is 2. The molecule has 0 aliphatic heterocycles. The van der Waals surface area contributed by atoms with Crippen molar-refractivity contribution >= 4 is 5.91 Å². The summed E-state index contributed by atoms with van der Waals surface area (Å²) >= 11 is 0. The van der Waals surface area contributed by atoms with Gasteiger partial charge in [-0.1, -0.05) is 0 Å². The molecular weight excluding hydrogens is 244 g/mol. The van der Waals surface area contributed by atoms with E-state index in [0.29, 0.717) is 11.5 Å². The molecule has 102 valence electrons. The maximum Gasteiger partial charge on any atom is 0.272 e. The van der Waals surface area contributed by atoms with Gasteiger partial charge in [-0.05, 0) is 33.8 Å². The first-order chi connectivity index (χ1) is 8.97. The molecule has 0 radical (unpaired) electrons. The van der Waals surface area contributed by atoms with Gasteiger partial charge in [0.15, 0.2) is 5.82 Å². The average Bonchev–Trinajstić information content (AvgIpc) is 2.96. The molecule has 0 bridgehead atoms. The van der Waals surface area contributed by atoms with Gasteiger partial charge < -0.3 is 5.32 Å². The van der Waals surface area contributed by atoms with E-state index < -0.39 is 0 Å². The minimum absolute atomic E-state index is 0.227. The maximum absolute atomic E-state index is 12.0. The molecule has 0 saturated carbocycles. The molecule has 0 saturated heterocycles. The fourth-order valence-corrected chi connectivity index (χ4v) is 1.64. The molecule has 0 fully saturated rings. The zero-order valence-electron chi connectivity index (χ0n) is 11.5. The lowest BCUT2D eigenvalue weighted by molar-refractivity contribution is 0.0932. The Morgan fingerprint density at radius 2 is 2.16 bits per heavy atom. The number of amides is 1. The molecule has 2 heterocycles. The molecular formula is C12H18N6O. The summed E-state index contributed by atoms with van der Waals surface area (Å²) in [6.07, 6.45) is 1.79. The monoisotopic (exact) mass is 262 g/mol. The molecule has 0 aliphatic carbocycles. The third-order valence-corrected chi connectivity index (χ3v) is 2.72. The zero-order chi connectivity index (χ0) is 14.0. The Morgan fingerprint density at radius 3 is 2.68 bits per heavy atom. The van der Waals surface area contributed by atoms with Crippen molar-refractivity contribution in [2.75, 3.05) is 0 Å². The van der Waals surface area contributed by atoms with Crippen LogP contribution in [0, 0.1) is 6.92 Å². The van der Waals surface area contributed by atoms with Gasteiger partial charge in [-0.25, -0.2) is 4.98 Å². The number of aryl methyl sites for hydroxylation is 1. The van der Waals surface area contributed by atoms with Crippen molar-refractivity contribution in [3.05, 3.63) is 29.6 Å². The van der Waals surface area contributed by atoms with Crippen LogP contribution in [0.15, 0.2) is 12.3 Å². The van der Waals surface area contributed by atoms with Crippen LogP contribution in [0.2, 0.25) is 0 Å². The number of nitrogens with zero attached hydrogens (tertiary/aromatic N) is 4. The van der Waals surface area contributed by atoms with E-state index in [9.17, 15) is 4.79 Å². The summed E-state index contributed by atoms with van der Waals surface area (Å²) in [5.74, 6) is 1.06. The minimum atomic E-state index is -0.262. The first-order valence-electron chi connectivity index (χ1n) is 6.22. The van der Waals surface area contributed by atoms with Crippen LogP contribution in [0.1, 0.15) is 55.0 Å². The summed E-state index contributed by atoms with van der Waals surface area (Å²) in [5.41, 5.74) is 0.396. The Balaban J connectivity index is 2.04. The van der Waals surface area contributed by atoms with Gasteiger partial charge in [0.1, 0.15) is 11.5 Å². The second-order valence-electron chi connectivity index (χ2n) is 4.75. The smallest absolute Gasteiger partial charge is 0.272 e. The summed E-state index contributed by atoms with van der Waals surface area (Å²) in [7, 11) is 0. The van der Waals surface area contributed by atoms with Crippen LogP contribution in [-0.2, 0) is 0 Å². The van der Waals surface area contributed by atoms with Crippen molar-refractivity contribution in [1.29, 1.82) is 0 Å². The van der Waals surface area contributed by atoms with E-state index in [1.54, 1.807) is 16.9 Å². The summed E-state index contributed by atoms with van der Waals surface area (Å²) < 4.78 is 1.75. The molecule has 2 rings (SSSR count). The average molecular weight is 262 g/mol. The number of hydrogen-bond acceptors (Lipinski definition) is 4. The topological polar surface area (TPSA) is 88.5 Å². The third kappa shape index (κ3) is 2.98. The van der Waals surface area contributed by atoms with Gasteiger partial charge in [-0.15, -0.1) is 0 Å². The van der Waals surface area contributed by atoms with Crippen molar-refractivity contribution in [3.63, 3.8) is 0 Å². The van der Waals surface area contributed by atoms with Gasteiger partial charge in [-0.3, -0.25) is 14.6 Å². The molecule has 0 aliphatic rings. The van der Waals surface area contributed by atoms with Gasteiger partial charge in [0.25, 0.3) is 5.91 Å². The second-order valence-corrected chi connectivity index (χ2v) is 4.75. The Hall–Kier alpha value is -2.18. The molecule has 0 spiro atoms. The van der Waals surface area contributed by atoms with Crippen LogP contribution in [0.4, 0.5) is 0 Å². The predicted molar refractivity (Wildman–Crippen MR) is 69.6 cm³/mol. The predicted octanol–water partition coefficient (Wildman–Crippen LogP) is 1.38. The molecule has 19 heavy (non-hydrogen) atoms. The fourth-order valence-electron chi connectivity index (χ4n) is 1.64. The number of carbonyl (C=O) groups is 1. The second kappa shape index (κ2) is 5.21. The van der Waals surface area contributed by atoms with E-state index in [1.807, 2.05) is 27.7 Å². The Bertz CT molecular complexity index is 570. The Morgan fingerprint density at radius 1 is 1.42 bits per heavy atom. The quantitative estimate of drug-likeness (QED) is 0.871. The van der Waals surface area contributed by atoms with Crippen LogP contribution in [0.25, 0.3) is 0 Å². The Kier molecular flexibility index (Phi) is 3.64. The van der Waals surface area contributed by atoms with E-state index in [4.69, 9.17) is 0 Å². The zero-order valence-corrected chi connectivity index (χ0v) is 11.5. The van der Waals surface area contributed by atoms with Gasteiger partial charge in [-0.2, -0.15) is 10.2 Å². The molecule has 2 N–H and O–H groups in total. The highest BCUT2D eigenvalue weighted by Gasteiger charge is 2.17. The molecule has 1 atom stereocenters. The van der Waals surface area contributed by atoms with Crippen molar-refractivity contribution < 1.29 is 4.79 Å². The Labute approximate surface area is 111 Å². The lowest BCUT2D eigenvalue weighted by atomic mass is 10.3. The van der Waals surface area contributed by atoms with E-state index in [-0.39, 0.29) is 18.0 Å². The standard InChI is InChI=1S/C12H18N6O/c1-7(2)18-6-5-10(17-18)12(19)13-8(3)11-14-9(4)15-16-11/h5-8H,1-4H3,(H,13,19)(H,14,15,16). The van der Waals surface area contributed by atoms with E-state index in [2.05, 4.69) is 25.6 Å². The number of aromatic nitrogens is 5. The van der Waals surface area contributed by atoms with Crippen LogP contribution in [0.5, 0.6) is 0 Å². The van der Waals surface area contributed by atoms with Crippen molar-refractivity contribution in [3.8, 4) is 0 Å². The van der Waals surface area contributed by atoms with Gasteiger partial charge in [0.05, 0.1) is 6.04 Å². The van der Waals surface area contributed by atoms with E-state index in [0.717, 1.165) is 5.82 Å². The number of carbonyl (C=O) groups excluding carboxylic acids is 1. The fraction of sp³-hybridized carbons (Fsp3) is 0.500.